The van der Waals surface area contributed by atoms with E-state index in [2.05, 4.69) is 51.6 Å². The van der Waals surface area contributed by atoms with Gasteiger partial charge in [-0.05, 0) is 59.6 Å². The van der Waals surface area contributed by atoms with Gasteiger partial charge in [0.05, 0.1) is 52.9 Å². The van der Waals surface area contributed by atoms with Crippen LogP contribution in [0.3, 0.4) is 0 Å². The van der Waals surface area contributed by atoms with E-state index in [1.165, 1.54) is 12.1 Å². The molecule has 0 aliphatic carbocycles. The van der Waals surface area contributed by atoms with E-state index < -0.39 is 0 Å². The van der Waals surface area contributed by atoms with Crippen LogP contribution in [0.15, 0.2) is 84.0 Å². The van der Waals surface area contributed by atoms with Crippen molar-refractivity contribution >= 4 is 35.3 Å². The SMILES string of the molecule is [N-]=[N+]=NCCOCCOCCNC(=O)c1ccc(Nc2nc(NCCOCCOCCNC(=O)c3ccccc3)nc(NCc3ccc(F)cc3)n2)cc1. The first kappa shape index (κ1) is 40.9. The molecule has 0 fully saturated rings. The predicted octanol–water partition coefficient (Wildman–Crippen LogP) is 4.31. The molecule has 4 rings (SSSR count). The Balaban J connectivity index is 1.20. The Bertz CT molecular complexity index is 1750. The van der Waals surface area contributed by atoms with Crippen molar-refractivity contribution in [2.75, 3.05) is 95.0 Å². The number of amides is 2. The van der Waals surface area contributed by atoms with E-state index >= 15 is 0 Å². The van der Waals surface area contributed by atoms with E-state index in [1.807, 2.05) is 18.2 Å². The van der Waals surface area contributed by atoms with Gasteiger partial charge in [0.15, 0.2) is 0 Å². The van der Waals surface area contributed by atoms with Crippen LogP contribution in [-0.4, -0.2) is 106 Å². The number of benzene rings is 3. The van der Waals surface area contributed by atoms with Gasteiger partial charge >= 0.3 is 0 Å². The smallest absolute Gasteiger partial charge is 0.251 e. The van der Waals surface area contributed by atoms with Crippen LogP contribution in [0.4, 0.5) is 27.9 Å². The summed E-state index contributed by atoms with van der Waals surface area (Å²) in [6.07, 6.45) is 0. The minimum atomic E-state index is -0.325. The lowest BCUT2D eigenvalue weighted by Gasteiger charge is -2.12. The maximum absolute atomic E-state index is 13.4. The first-order chi connectivity index (χ1) is 26.5. The van der Waals surface area contributed by atoms with Gasteiger partial charge in [0.25, 0.3) is 11.8 Å². The first-order valence-corrected chi connectivity index (χ1v) is 17.3. The molecule has 0 saturated carbocycles. The minimum absolute atomic E-state index is 0.149. The molecule has 0 aliphatic rings. The molecule has 1 aromatic heterocycles. The van der Waals surface area contributed by atoms with Gasteiger partial charge in [0, 0.05) is 54.4 Å². The zero-order valence-electron chi connectivity index (χ0n) is 29.7. The molecule has 54 heavy (non-hydrogen) atoms. The van der Waals surface area contributed by atoms with Gasteiger partial charge in [-0.3, -0.25) is 9.59 Å². The number of rotatable bonds is 26. The lowest BCUT2D eigenvalue weighted by atomic mass is 10.2. The molecule has 0 saturated heterocycles. The highest BCUT2D eigenvalue weighted by Gasteiger charge is 2.10. The lowest BCUT2D eigenvalue weighted by molar-refractivity contribution is 0.0511. The number of halogens is 1. The van der Waals surface area contributed by atoms with Crippen LogP contribution in [0.1, 0.15) is 26.3 Å². The van der Waals surface area contributed by atoms with Gasteiger partial charge in [-0.2, -0.15) is 15.0 Å². The fraction of sp³-hybridized carbons (Fsp3) is 0.361. The van der Waals surface area contributed by atoms with Crippen molar-refractivity contribution in [2.45, 2.75) is 6.54 Å². The number of nitrogens with one attached hydrogen (secondary N) is 5. The third kappa shape index (κ3) is 16.2. The number of anilines is 4. The second-order valence-electron chi connectivity index (χ2n) is 11.2. The summed E-state index contributed by atoms with van der Waals surface area (Å²) in [6.45, 7) is 4.53. The van der Waals surface area contributed by atoms with E-state index in [0.717, 1.165) is 5.56 Å². The summed E-state index contributed by atoms with van der Waals surface area (Å²) in [5.74, 6) is 0.0974. The van der Waals surface area contributed by atoms with Crippen LogP contribution < -0.4 is 26.6 Å². The molecule has 18 heteroatoms. The van der Waals surface area contributed by atoms with Crippen molar-refractivity contribution in [1.82, 2.24) is 25.6 Å². The largest absolute Gasteiger partial charge is 0.379 e. The fourth-order valence-corrected chi connectivity index (χ4v) is 4.50. The van der Waals surface area contributed by atoms with Crippen molar-refractivity contribution in [2.24, 2.45) is 5.11 Å². The van der Waals surface area contributed by atoms with E-state index in [1.54, 1.807) is 48.5 Å². The Morgan fingerprint density at radius 2 is 1.17 bits per heavy atom. The van der Waals surface area contributed by atoms with E-state index in [4.69, 9.17) is 24.5 Å². The predicted molar refractivity (Wildman–Crippen MR) is 200 cm³/mol. The van der Waals surface area contributed by atoms with E-state index in [9.17, 15) is 14.0 Å². The number of aromatic nitrogens is 3. The monoisotopic (exact) mass is 745 g/mol. The quantitative estimate of drug-likeness (QED) is 0.0263. The van der Waals surface area contributed by atoms with Gasteiger partial charge in [-0.25, -0.2) is 4.39 Å². The molecule has 0 radical (unpaired) electrons. The van der Waals surface area contributed by atoms with Gasteiger partial charge in [0.2, 0.25) is 17.8 Å². The molecule has 4 aromatic rings. The molecule has 17 nitrogen and oxygen atoms in total. The molecule has 0 aliphatic heterocycles. The molecule has 5 N–H and O–H groups in total. The second-order valence-corrected chi connectivity index (χ2v) is 11.2. The number of nitrogens with zero attached hydrogens (tertiary/aromatic N) is 6. The maximum atomic E-state index is 13.4. The summed E-state index contributed by atoms with van der Waals surface area (Å²) in [6, 6.07) is 21.9. The summed E-state index contributed by atoms with van der Waals surface area (Å²) in [7, 11) is 0. The average Bonchev–Trinajstić information content (AvgIpc) is 3.19. The summed E-state index contributed by atoms with van der Waals surface area (Å²) in [5.41, 5.74) is 10.8. The summed E-state index contributed by atoms with van der Waals surface area (Å²) in [5, 5.41) is 18.4. The third-order valence-corrected chi connectivity index (χ3v) is 7.17. The summed E-state index contributed by atoms with van der Waals surface area (Å²) < 4.78 is 35.3. The van der Waals surface area contributed by atoms with Crippen LogP contribution >= 0.6 is 0 Å². The highest BCUT2D eigenvalue weighted by Crippen LogP contribution is 2.17. The summed E-state index contributed by atoms with van der Waals surface area (Å²) in [4.78, 5) is 40.7. The number of carbonyl (C=O) groups is 2. The Kier molecular flexibility index (Phi) is 18.4. The molecule has 0 unspecified atom stereocenters. The normalized spacial score (nSPS) is 10.6. The van der Waals surface area contributed by atoms with Crippen molar-refractivity contribution in [1.29, 1.82) is 0 Å². The zero-order valence-corrected chi connectivity index (χ0v) is 29.7. The van der Waals surface area contributed by atoms with E-state index in [-0.39, 0.29) is 36.1 Å². The molecule has 0 bridgehead atoms. The Morgan fingerprint density at radius 3 is 1.78 bits per heavy atom. The Labute approximate surface area is 312 Å². The molecular formula is C36H44FN11O6. The topological polar surface area (TPSA) is 219 Å². The molecular weight excluding hydrogens is 701 g/mol. The first-order valence-electron chi connectivity index (χ1n) is 17.3. The van der Waals surface area contributed by atoms with Gasteiger partial charge < -0.3 is 45.5 Å². The van der Waals surface area contributed by atoms with Gasteiger partial charge in [-0.15, -0.1) is 0 Å². The molecule has 1 heterocycles. The molecule has 0 spiro atoms. The van der Waals surface area contributed by atoms with Crippen LogP contribution in [-0.2, 0) is 25.5 Å². The van der Waals surface area contributed by atoms with Gasteiger partial charge in [-0.1, -0.05) is 35.4 Å². The molecule has 3 aromatic carbocycles. The fourth-order valence-electron chi connectivity index (χ4n) is 4.50. The van der Waals surface area contributed by atoms with Crippen LogP contribution in [0.25, 0.3) is 10.4 Å². The van der Waals surface area contributed by atoms with Crippen LogP contribution in [0, 0.1) is 5.82 Å². The van der Waals surface area contributed by atoms with Crippen molar-refractivity contribution < 1.29 is 32.9 Å². The molecule has 0 atom stereocenters. The summed E-state index contributed by atoms with van der Waals surface area (Å²) >= 11 is 0. The number of azide groups is 1. The highest BCUT2D eigenvalue weighted by molar-refractivity contribution is 5.94. The van der Waals surface area contributed by atoms with E-state index in [0.29, 0.717) is 102 Å². The zero-order chi connectivity index (χ0) is 38.1. The number of ether oxygens (including phenoxy) is 4. The standard InChI is InChI=1S/C36H44FN11O6/c37-30-10-6-27(7-11-30)26-42-35-45-34(41-16-20-53-23-22-51-18-14-39-32(49)28-4-2-1-3-5-28)46-36(47-35)44-31-12-8-29(9-13-31)33(50)40-15-19-52-24-25-54-21-17-43-48-38/h1-13H,14-26H2,(H,39,49)(H,40,50)(H3,41,42,44,45,46,47). The van der Waals surface area contributed by atoms with Crippen LogP contribution in [0.2, 0.25) is 0 Å². The number of carbonyl (C=O) groups excluding carboxylic acids is 2. The second kappa shape index (κ2) is 24.4. The van der Waals surface area contributed by atoms with Crippen molar-refractivity contribution in [3.05, 3.63) is 112 Å². The molecule has 286 valence electrons. The highest BCUT2D eigenvalue weighted by atomic mass is 19.1. The Hall–Kier alpha value is -5.91. The minimum Gasteiger partial charge on any atom is -0.379 e. The number of hydrogen-bond donors (Lipinski definition) is 5. The van der Waals surface area contributed by atoms with Crippen LogP contribution in [0.5, 0.6) is 0 Å². The maximum Gasteiger partial charge on any atom is 0.251 e. The third-order valence-electron chi connectivity index (χ3n) is 7.17. The molecule has 2 amide bonds. The number of hydrogen-bond acceptors (Lipinski definition) is 13. The van der Waals surface area contributed by atoms with Crippen molar-refractivity contribution in [3.63, 3.8) is 0 Å². The Morgan fingerprint density at radius 1 is 0.630 bits per heavy atom. The average molecular weight is 746 g/mol. The lowest BCUT2D eigenvalue weighted by Crippen LogP contribution is -2.27. The van der Waals surface area contributed by atoms with Gasteiger partial charge in [0.1, 0.15) is 5.82 Å². The van der Waals surface area contributed by atoms with Crippen molar-refractivity contribution in [3.8, 4) is 0 Å².